The predicted molar refractivity (Wildman–Crippen MR) is 206 cm³/mol. The lowest BCUT2D eigenvalue weighted by Gasteiger charge is -2.27. The van der Waals surface area contributed by atoms with E-state index in [1.807, 2.05) is 55.5 Å². The van der Waals surface area contributed by atoms with E-state index >= 15 is 0 Å². The zero-order valence-electron chi connectivity index (χ0n) is 31.2. The molecule has 2 aliphatic rings. The summed E-state index contributed by atoms with van der Waals surface area (Å²) in [5, 5.41) is 5.10. The van der Waals surface area contributed by atoms with Gasteiger partial charge in [-0.25, -0.2) is 0 Å². The van der Waals surface area contributed by atoms with Crippen LogP contribution in [0.2, 0.25) is 0 Å². The maximum Gasteiger partial charge on any atom is 0.285 e. The number of rotatable bonds is 19. The summed E-state index contributed by atoms with van der Waals surface area (Å²) in [6.07, 6.45) is 17.9. The molecule has 4 amide bonds. The lowest BCUT2D eigenvalue weighted by atomic mass is 9.95. The number of imide groups is 2. The number of hydrogen-bond acceptors (Lipinski definition) is 6. The fourth-order valence-electron chi connectivity index (χ4n) is 7.05. The maximum absolute atomic E-state index is 12.9. The first-order chi connectivity index (χ1) is 25.4. The topological polar surface area (TPSA) is 93.2 Å². The van der Waals surface area contributed by atoms with Crippen LogP contribution in [-0.4, -0.2) is 47.0 Å². The van der Waals surface area contributed by atoms with Gasteiger partial charge in [0.25, 0.3) is 23.6 Å². The third-order valence-corrected chi connectivity index (χ3v) is 9.93. The van der Waals surface area contributed by atoms with Crippen molar-refractivity contribution in [2.24, 2.45) is 5.92 Å². The number of unbranched alkanes of at least 4 members (excludes halogenated alkanes) is 11. The van der Waals surface area contributed by atoms with Crippen molar-refractivity contribution in [1.82, 2.24) is 10.1 Å². The number of hydrogen-bond donors (Lipinski definition) is 0. The number of hydroxylamine groups is 4. The Bertz CT molecular complexity index is 1750. The Labute approximate surface area is 308 Å². The largest absolute Gasteiger partial charge is 0.285 e. The first kappa shape index (κ1) is 38.8. The molecule has 8 nitrogen and oxygen atoms in total. The minimum Gasteiger partial charge on any atom is -0.266 e. The molecule has 4 aromatic rings. The summed E-state index contributed by atoms with van der Waals surface area (Å²) in [7, 11) is 0. The monoisotopic (exact) mass is 706 g/mol. The van der Waals surface area contributed by atoms with Gasteiger partial charge in [-0.15, -0.1) is 10.1 Å². The first-order valence-electron chi connectivity index (χ1n) is 19.4. The average molecular weight is 707 g/mol. The summed E-state index contributed by atoms with van der Waals surface area (Å²) in [5.41, 5.74) is 2.11. The van der Waals surface area contributed by atoms with Gasteiger partial charge in [0.2, 0.25) is 0 Å². The summed E-state index contributed by atoms with van der Waals surface area (Å²) in [4.78, 5) is 61.4. The van der Waals surface area contributed by atoms with Crippen LogP contribution >= 0.6 is 0 Å². The van der Waals surface area contributed by atoms with Gasteiger partial charge in [0, 0.05) is 10.8 Å². The molecule has 1 unspecified atom stereocenters. The minimum absolute atomic E-state index is 0.307. The molecule has 0 N–H and O–H groups in total. The van der Waals surface area contributed by atoms with Gasteiger partial charge in [-0.05, 0) is 53.8 Å². The average Bonchev–Trinajstić information content (AvgIpc) is 3.16. The lowest BCUT2D eigenvalue weighted by molar-refractivity contribution is -0.105. The number of carbonyl (C=O) groups excluding carboxylic acids is 4. The van der Waals surface area contributed by atoms with E-state index in [2.05, 4.69) is 13.8 Å². The number of carbonyl (C=O) groups is 4. The molecule has 1 atom stereocenters. The summed E-state index contributed by atoms with van der Waals surface area (Å²) < 4.78 is 0. The van der Waals surface area contributed by atoms with Crippen molar-refractivity contribution in [3.8, 4) is 0 Å². The molecular formula is C44H54N2O6. The Morgan fingerprint density at radius 2 is 0.846 bits per heavy atom. The van der Waals surface area contributed by atoms with E-state index in [1.165, 1.54) is 77.0 Å². The highest BCUT2D eigenvalue weighted by Crippen LogP contribution is 2.31. The molecule has 0 spiro atoms. The Hall–Kier alpha value is -4.40. The Morgan fingerprint density at radius 3 is 1.23 bits per heavy atom. The summed E-state index contributed by atoms with van der Waals surface area (Å²) in [5.74, 6) is -1.18. The van der Waals surface area contributed by atoms with E-state index in [9.17, 15) is 19.2 Å². The van der Waals surface area contributed by atoms with Crippen molar-refractivity contribution < 1.29 is 28.9 Å². The van der Waals surface area contributed by atoms with Crippen LogP contribution in [0.5, 0.6) is 0 Å². The fraction of sp³-hybridized carbons (Fsp3) is 0.455. The molecule has 2 heterocycles. The van der Waals surface area contributed by atoms with Crippen LogP contribution in [0.3, 0.4) is 0 Å². The van der Waals surface area contributed by atoms with E-state index in [1.54, 1.807) is 24.3 Å². The summed E-state index contributed by atoms with van der Waals surface area (Å²) in [6, 6.07) is 22.0. The molecule has 8 heteroatoms. The molecule has 0 fully saturated rings. The third kappa shape index (κ3) is 9.33. The van der Waals surface area contributed by atoms with Crippen molar-refractivity contribution in [1.29, 1.82) is 0 Å². The van der Waals surface area contributed by atoms with Crippen LogP contribution < -0.4 is 0 Å². The molecule has 0 aliphatic carbocycles. The molecule has 52 heavy (non-hydrogen) atoms. The second-order valence-electron chi connectivity index (χ2n) is 14.1. The van der Waals surface area contributed by atoms with E-state index in [0.29, 0.717) is 41.4 Å². The highest BCUT2D eigenvalue weighted by Gasteiger charge is 2.35. The molecule has 0 saturated heterocycles. The van der Waals surface area contributed by atoms with E-state index < -0.39 is 0 Å². The quantitative estimate of drug-likeness (QED) is 0.0712. The molecule has 2 aliphatic heterocycles. The van der Waals surface area contributed by atoms with Crippen molar-refractivity contribution in [3.63, 3.8) is 0 Å². The van der Waals surface area contributed by atoms with Crippen LogP contribution in [0, 0.1) is 5.92 Å². The summed E-state index contributed by atoms with van der Waals surface area (Å²) >= 11 is 0. The van der Waals surface area contributed by atoms with E-state index in [-0.39, 0.29) is 23.6 Å². The highest BCUT2D eigenvalue weighted by molar-refractivity contribution is 6.25. The van der Waals surface area contributed by atoms with Gasteiger partial charge in [0.05, 0.1) is 35.5 Å². The standard InChI is InChI=1S/C29H41NO3.C15H13NO3/c1-3-4-5-6-7-8-9-10-11-12-13-14-17-23(2)22-33-30-28(31)25-20-15-18-24-19-16-21-26(27(24)25)29(30)32;1-2-9-19-16-14(17)11-7-3-5-10-6-4-8-12(13(10)11)15(16)18/h15-16,18-21,23H,3-14,17,22H2,1-2H3;3-8H,2,9H2,1H3. The van der Waals surface area contributed by atoms with Gasteiger partial charge < -0.3 is 0 Å². The van der Waals surface area contributed by atoms with Crippen molar-refractivity contribution in [2.45, 2.75) is 111 Å². The number of amides is 4. The van der Waals surface area contributed by atoms with Crippen molar-refractivity contribution >= 4 is 45.2 Å². The van der Waals surface area contributed by atoms with Crippen LogP contribution in [0.15, 0.2) is 72.8 Å². The molecule has 0 bridgehead atoms. The van der Waals surface area contributed by atoms with Crippen LogP contribution in [-0.2, 0) is 9.68 Å². The fourth-order valence-corrected chi connectivity index (χ4v) is 7.05. The molecule has 6 rings (SSSR count). The van der Waals surface area contributed by atoms with Gasteiger partial charge in [0.1, 0.15) is 0 Å². The summed E-state index contributed by atoms with van der Waals surface area (Å²) in [6.45, 7) is 7.05. The van der Waals surface area contributed by atoms with Crippen LogP contribution in [0.4, 0.5) is 0 Å². The Kier molecular flexibility index (Phi) is 14.5. The SMILES string of the molecule is CCCCCCCCCCCCCCC(C)CON1C(=O)c2cccc3cccc(c23)C1=O.CCCON1C(=O)c2cccc3cccc(c23)C1=O. The lowest BCUT2D eigenvalue weighted by Crippen LogP contribution is -2.41. The molecule has 276 valence electrons. The highest BCUT2D eigenvalue weighted by atomic mass is 16.7. The number of benzene rings is 4. The van der Waals surface area contributed by atoms with Gasteiger partial charge >= 0.3 is 0 Å². The van der Waals surface area contributed by atoms with Gasteiger partial charge in [-0.3, -0.25) is 28.9 Å². The zero-order chi connectivity index (χ0) is 36.9. The minimum atomic E-state index is -0.386. The van der Waals surface area contributed by atoms with Gasteiger partial charge in [-0.2, -0.15) is 0 Å². The molecule has 0 saturated carbocycles. The molecular weight excluding hydrogens is 652 g/mol. The molecule has 0 radical (unpaired) electrons. The maximum atomic E-state index is 12.9. The third-order valence-electron chi connectivity index (χ3n) is 9.93. The van der Waals surface area contributed by atoms with Gasteiger partial charge in [0.15, 0.2) is 0 Å². The van der Waals surface area contributed by atoms with E-state index in [0.717, 1.165) is 44.5 Å². The first-order valence-corrected chi connectivity index (χ1v) is 19.4. The van der Waals surface area contributed by atoms with Crippen molar-refractivity contribution in [2.75, 3.05) is 13.2 Å². The normalized spacial score (nSPS) is 14.3. The Morgan fingerprint density at radius 1 is 0.481 bits per heavy atom. The van der Waals surface area contributed by atoms with Crippen molar-refractivity contribution in [3.05, 3.63) is 95.1 Å². The molecule has 4 aromatic carbocycles. The smallest absolute Gasteiger partial charge is 0.266 e. The Balaban J connectivity index is 0.000000231. The number of nitrogens with zero attached hydrogens (tertiary/aromatic N) is 2. The van der Waals surface area contributed by atoms with Gasteiger partial charge in [-0.1, -0.05) is 146 Å². The second kappa shape index (κ2) is 19.4. The molecule has 0 aromatic heterocycles. The van der Waals surface area contributed by atoms with Crippen LogP contribution in [0.1, 0.15) is 152 Å². The van der Waals surface area contributed by atoms with E-state index in [4.69, 9.17) is 9.68 Å². The second-order valence-corrected chi connectivity index (χ2v) is 14.1. The zero-order valence-corrected chi connectivity index (χ0v) is 31.2. The van der Waals surface area contributed by atoms with Crippen LogP contribution in [0.25, 0.3) is 21.5 Å². The predicted octanol–water partition coefficient (Wildman–Crippen LogP) is 10.9.